The molecule has 0 aliphatic heterocycles. The number of para-hydroxylation sites is 1. The van der Waals surface area contributed by atoms with Gasteiger partial charge < -0.3 is 5.32 Å². The summed E-state index contributed by atoms with van der Waals surface area (Å²) in [6.07, 6.45) is 0. The highest BCUT2D eigenvalue weighted by molar-refractivity contribution is 7.19. The lowest BCUT2D eigenvalue weighted by atomic mass is 10.1. The first-order chi connectivity index (χ1) is 9.58. The maximum Gasteiger partial charge on any atom is 0.0640 e. The first kappa shape index (κ1) is 13.5. The number of anilines is 2. The van der Waals surface area contributed by atoms with E-state index >= 15 is 0 Å². The van der Waals surface area contributed by atoms with Crippen LogP contribution in [0.15, 0.2) is 36.4 Å². The normalized spacial score (nSPS) is 11.0. The topological polar surface area (TPSA) is 12.0 Å². The number of aryl methyl sites for hydroxylation is 3. The van der Waals surface area contributed by atoms with Crippen molar-refractivity contribution in [1.82, 2.24) is 0 Å². The molecular formula is C17H16ClNS. The van der Waals surface area contributed by atoms with Gasteiger partial charge in [0.1, 0.15) is 0 Å². The number of hydrogen-bond acceptors (Lipinski definition) is 2. The highest BCUT2D eigenvalue weighted by Crippen LogP contribution is 2.37. The number of thiophene rings is 1. The van der Waals surface area contributed by atoms with Gasteiger partial charge in [-0.1, -0.05) is 29.8 Å². The average molecular weight is 302 g/mol. The molecule has 1 aromatic heterocycles. The first-order valence-electron chi connectivity index (χ1n) is 6.59. The summed E-state index contributed by atoms with van der Waals surface area (Å²) >= 11 is 8.08. The second-order valence-corrected chi connectivity index (χ2v) is 6.63. The minimum atomic E-state index is 0.741. The second kappa shape index (κ2) is 5.12. The molecule has 1 nitrogen and oxygen atoms in total. The SMILES string of the molecule is Cc1sc2c(C)c(Nc3ccccc3Cl)ccc2c1C. The Morgan fingerprint density at radius 2 is 1.65 bits per heavy atom. The van der Waals surface area contributed by atoms with Crippen molar-refractivity contribution in [3.05, 3.63) is 57.4 Å². The molecule has 0 amide bonds. The number of nitrogens with one attached hydrogen (secondary N) is 1. The fourth-order valence-corrected chi connectivity index (χ4v) is 3.73. The zero-order valence-electron chi connectivity index (χ0n) is 11.8. The monoisotopic (exact) mass is 301 g/mol. The minimum absolute atomic E-state index is 0.741. The Hall–Kier alpha value is -1.51. The van der Waals surface area contributed by atoms with Crippen LogP contribution in [-0.4, -0.2) is 0 Å². The van der Waals surface area contributed by atoms with Gasteiger partial charge in [-0.2, -0.15) is 0 Å². The quantitative estimate of drug-likeness (QED) is 0.592. The van der Waals surface area contributed by atoms with Gasteiger partial charge in [-0.15, -0.1) is 11.3 Å². The van der Waals surface area contributed by atoms with Gasteiger partial charge in [-0.25, -0.2) is 0 Å². The summed E-state index contributed by atoms with van der Waals surface area (Å²) in [5.74, 6) is 0. The van der Waals surface area contributed by atoms with Gasteiger partial charge in [0.05, 0.1) is 10.7 Å². The molecule has 0 atom stereocenters. The molecule has 0 saturated heterocycles. The Labute approximate surface area is 128 Å². The van der Waals surface area contributed by atoms with Crippen molar-refractivity contribution in [2.24, 2.45) is 0 Å². The third-order valence-electron chi connectivity index (χ3n) is 3.74. The van der Waals surface area contributed by atoms with E-state index in [4.69, 9.17) is 11.6 Å². The van der Waals surface area contributed by atoms with Crippen LogP contribution < -0.4 is 5.32 Å². The molecule has 0 saturated carbocycles. The Bertz CT molecular complexity index is 789. The lowest BCUT2D eigenvalue weighted by Crippen LogP contribution is -1.93. The smallest absolute Gasteiger partial charge is 0.0640 e. The van der Waals surface area contributed by atoms with Crippen molar-refractivity contribution in [2.45, 2.75) is 20.8 Å². The summed E-state index contributed by atoms with van der Waals surface area (Å²) < 4.78 is 1.36. The van der Waals surface area contributed by atoms with E-state index in [-0.39, 0.29) is 0 Å². The average Bonchev–Trinajstić information content (AvgIpc) is 2.72. The Balaban J connectivity index is 2.09. The summed E-state index contributed by atoms with van der Waals surface area (Å²) in [7, 11) is 0. The maximum absolute atomic E-state index is 6.21. The van der Waals surface area contributed by atoms with Crippen molar-refractivity contribution in [3.8, 4) is 0 Å². The number of hydrogen-bond donors (Lipinski definition) is 1. The molecule has 1 heterocycles. The van der Waals surface area contributed by atoms with E-state index < -0.39 is 0 Å². The fraction of sp³-hybridized carbons (Fsp3) is 0.176. The van der Waals surface area contributed by atoms with E-state index in [1.165, 1.54) is 26.1 Å². The summed E-state index contributed by atoms with van der Waals surface area (Å²) in [4.78, 5) is 1.39. The van der Waals surface area contributed by atoms with Crippen LogP contribution in [0, 0.1) is 20.8 Å². The lowest BCUT2D eigenvalue weighted by molar-refractivity contribution is 1.45. The fourth-order valence-electron chi connectivity index (χ4n) is 2.38. The van der Waals surface area contributed by atoms with E-state index in [1.54, 1.807) is 0 Å². The highest BCUT2D eigenvalue weighted by Gasteiger charge is 2.10. The zero-order chi connectivity index (χ0) is 14.3. The number of fused-ring (bicyclic) bond motifs is 1. The highest BCUT2D eigenvalue weighted by atomic mass is 35.5. The minimum Gasteiger partial charge on any atom is -0.354 e. The van der Waals surface area contributed by atoms with Crippen molar-refractivity contribution < 1.29 is 0 Å². The van der Waals surface area contributed by atoms with Gasteiger partial charge in [0, 0.05) is 15.3 Å². The van der Waals surface area contributed by atoms with E-state index in [9.17, 15) is 0 Å². The zero-order valence-corrected chi connectivity index (χ0v) is 13.3. The summed E-state index contributed by atoms with van der Waals surface area (Å²) in [6, 6.07) is 12.2. The molecule has 0 spiro atoms. The molecule has 0 bridgehead atoms. The molecular weight excluding hydrogens is 286 g/mol. The van der Waals surface area contributed by atoms with E-state index in [2.05, 4.69) is 38.2 Å². The van der Waals surface area contributed by atoms with Crippen molar-refractivity contribution in [3.63, 3.8) is 0 Å². The molecule has 3 rings (SSSR count). The van der Waals surface area contributed by atoms with Crippen molar-refractivity contribution in [2.75, 3.05) is 5.32 Å². The van der Waals surface area contributed by atoms with Crippen LogP contribution in [0.5, 0.6) is 0 Å². The third kappa shape index (κ3) is 2.19. The molecule has 3 heteroatoms. The van der Waals surface area contributed by atoms with E-state index in [0.717, 1.165) is 16.4 Å². The lowest BCUT2D eigenvalue weighted by Gasteiger charge is -2.11. The summed E-state index contributed by atoms with van der Waals surface area (Å²) in [5.41, 5.74) is 4.73. The summed E-state index contributed by atoms with van der Waals surface area (Å²) in [5, 5.41) is 5.53. The Morgan fingerprint density at radius 1 is 0.900 bits per heavy atom. The van der Waals surface area contributed by atoms with E-state index in [1.807, 2.05) is 35.6 Å². The number of halogens is 1. The molecule has 0 unspecified atom stereocenters. The molecule has 102 valence electrons. The van der Waals surface area contributed by atoms with E-state index in [0.29, 0.717) is 0 Å². The van der Waals surface area contributed by atoms with Crippen molar-refractivity contribution >= 4 is 44.4 Å². The maximum atomic E-state index is 6.21. The van der Waals surface area contributed by atoms with Crippen LogP contribution >= 0.6 is 22.9 Å². The molecule has 1 N–H and O–H groups in total. The van der Waals surface area contributed by atoms with Crippen LogP contribution in [0.25, 0.3) is 10.1 Å². The van der Waals surface area contributed by atoms with Gasteiger partial charge in [-0.3, -0.25) is 0 Å². The van der Waals surface area contributed by atoms with Crippen molar-refractivity contribution in [1.29, 1.82) is 0 Å². The van der Waals surface area contributed by atoms with Crippen LogP contribution in [0.2, 0.25) is 5.02 Å². The van der Waals surface area contributed by atoms with Gasteiger partial charge in [0.15, 0.2) is 0 Å². The molecule has 0 radical (unpaired) electrons. The molecule has 3 aromatic rings. The van der Waals surface area contributed by atoms with Crippen LogP contribution in [-0.2, 0) is 0 Å². The largest absolute Gasteiger partial charge is 0.354 e. The number of benzene rings is 2. The van der Waals surface area contributed by atoms with Crippen LogP contribution in [0.1, 0.15) is 16.0 Å². The molecule has 0 aliphatic carbocycles. The molecule has 2 aromatic carbocycles. The standard InChI is InChI=1S/C17H16ClNS/c1-10-12(3)20-17-11(2)15(9-8-13(10)17)19-16-7-5-4-6-14(16)18/h4-9,19H,1-3H3. The molecule has 0 fully saturated rings. The molecule has 0 aliphatic rings. The van der Waals surface area contributed by atoms with Gasteiger partial charge in [0.2, 0.25) is 0 Å². The Kier molecular flexibility index (Phi) is 3.45. The Morgan fingerprint density at radius 3 is 2.40 bits per heavy atom. The van der Waals surface area contributed by atoms with Gasteiger partial charge in [-0.05, 0) is 55.5 Å². The first-order valence-corrected chi connectivity index (χ1v) is 7.78. The predicted octanol–water partition coefficient (Wildman–Crippen LogP) is 6.22. The van der Waals surface area contributed by atoms with Gasteiger partial charge >= 0.3 is 0 Å². The third-order valence-corrected chi connectivity index (χ3v) is 5.41. The number of rotatable bonds is 2. The van der Waals surface area contributed by atoms with Gasteiger partial charge in [0.25, 0.3) is 0 Å². The second-order valence-electron chi connectivity index (χ2n) is 5.00. The molecule has 20 heavy (non-hydrogen) atoms. The predicted molar refractivity (Wildman–Crippen MR) is 90.8 cm³/mol. The summed E-state index contributed by atoms with van der Waals surface area (Å²) in [6.45, 7) is 6.53. The van der Waals surface area contributed by atoms with Crippen LogP contribution in [0.4, 0.5) is 11.4 Å². The van der Waals surface area contributed by atoms with Crippen LogP contribution in [0.3, 0.4) is 0 Å².